The van der Waals surface area contributed by atoms with Crippen LogP contribution in [0.3, 0.4) is 0 Å². The number of carboxylic acid groups (broad SMARTS) is 1. The first kappa shape index (κ1) is 26.8. The maximum Gasteiger partial charge on any atom is 0.416 e. The largest absolute Gasteiger partial charge is 0.480 e. The lowest BCUT2D eigenvalue weighted by Crippen LogP contribution is -2.49. The molecule has 192 valence electrons. The number of piperazine rings is 1. The zero-order valence-electron chi connectivity index (χ0n) is 18.6. The van der Waals surface area contributed by atoms with Crippen LogP contribution in [-0.4, -0.2) is 60.2 Å². The zero-order valence-corrected chi connectivity index (χ0v) is 18.6. The Kier molecular flexibility index (Phi) is 8.29. The third-order valence-corrected chi connectivity index (χ3v) is 5.75. The number of rotatable bonds is 8. The van der Waals surface area contributed by atoms with Gasteiger partial charge in [0.15, 0.2) is 0 Å². The number of aliphatic carboxylic acids is 1. The summed E-state index contributed by atoms with van der Waals surface area (Å²) in [6.45, 7) is 1.31. The smallest absolute Gasteiger partial charge is 0.416 e. The molecule has 0 aliphatic carbocycles. The minimum atomic E-state index is -4.94. The first-order valence-electron chi connectivity index (χ1n) is 10.7. The molecule has 12 heteroatoms. The van der Waals surface area contributed by atoms with Crippen molar-refractivity contribution in [3.63, 3.8) is 0 Å². The van der Waals surface area contributed by atoms with E-state index in [1.165, 1.54) is 0 Å². The number of ether oxygens (including phenoxy) is 1. The normalized spacial score (nSPS) is 16.9. The standard InChI is InChI=1S/C23H25F6N3O3/c24-22(25,26)16-9-15(10-17(11-16)23(27,28)29)13-35-14-20(18-3-1-2-4-19(18)30)32-7-5-31(6-8-32)12-21(33)34/h1-4,9-11,20H,5-8,12-14,30H2,(H,33,34). The van der Waals surface area contributed by atoms with Gasteiger partial charge < -0.3 is 15.6 Å². The number of carboxylic acids is 1. The van der Waals surface area contributed by atoms with Crippen LogP contribution in [0.15, 0.2) is 42.5 Å². The second kappa shape index (κ2) is 10.8. The molecule has 1 unspecified atom stereocenters. The van der Waals surface area contributed by atoms with Crippen molar-refractivity contribution < 1.29 is 41.0 Å². The van der Waals surface area contributed by atoms with Crippen LogP contribution >= 0.6 is 0 Å². The molecule has 0 radical (unpaired) electrons. The van der Waals surface area contributed by atoms with Gasteiger partial charge in [-0.2, -0.15) is 26.3 Å². The van der Waals surface area contributed by atoms with Crippen LogP contribution in [0.5, 0.6) is 0 Å². The molecule has 1 heterocycles. The van der Waals surface area contributed by atoms with Gasteiger partial charge in [-0.15, -0.1) is 0 Å². The van der Waals surface area contributed by atoms with Crippen molar-refractivity contribution in [3.8, 4) is 0 Å². The average Bonchev–Trinajstić information content (AvgIpc) is 2.76. The van der Waals surface area contributed by atoms with Crippen molar-refractivity contribution in [1.29, 1.82) is 0 Å². The number of hydrogen-bond donors (Lipinski definition) is 2. The van der Waals surface area contributed by atoms with Gasteiger partial charge in [0.1, 0.15) is 0 Å². The summed E-state index contributed by atoms with van der Waals surface area (Å²) in [4.78, 5) is 14.7. The highest BCUT2D eigenvalue weighted by atomic mass is 19.4. The zero-order chi connectivity index (χ0) is 25.8. The number of nitrogens with two attached hydrogens (primary N) is 1. The average molecular weight is 505 g/mol. The second-order valence-corrected chi connectivity index (χ2v) is 8.28. The Morgan fingerprint density at radius 2 is 1.54 bits per heavy atom. The predicted octanol–water partition coefficient (Wildman–Crippen LogP) is 4.27. The minimum Gasteiger partial charge on any atom is -0.480 e. The molecule has 0 amide bonds. The summed E-state index contributed by atoms with van der Waals surface area (Å²) in [6.07, 6.45) is -9.88. The van der Waals surface area contributed by atoms with Gasteiger partial charge in [-0.25, -0.2) is 0 Å². The van der Waals surface area contributed by atoms with Gasteiger partial charge in [-0.05, 0) is 35.4 Å². The Balaban J connectivity index is 1.76. The molecule has 1 atom stereocenters. The molecule has 0 aromatic heterocycles. The van der Waals surface area contributed by atoms with Crippen LogP contribution in [-0.2, 0) is 28.5 Å². The molecule has 6 nitrogen and oxygen atoms in total. The molecule has 0 spiro atoms. The molecule has 1 saturated heterocycles. The van der Waals surface area contributed by atoms with Crippen LogP contribution in [0.4, 0.5) is 32.0 Å². The molecule has 2 aromatic rings. The maximum atomic E-state index is 13.1. The van der Waals surface area contributed by atoms with Gasteiger partial charge in [0.2, 0.25) is 0 Å². The predicted molar refractivity (Wildman–Crippen MR) is 115 cm³/mol. The van der Waals surface area contributed by atoms with Crippen LogP contribution in [0.2, 0.25) is 0 Å². The van der Waals surface area contributed by atoms with E-state index in [0.29, 0.717) is 49.6 Å². The summed E-state index contributed by atoms with van der Waals surface area (Å²) < 4.78 is 84.5. The number of benzene rings is 2. The number of alkyl halides is 6. The fourth-order valence-corrected chi connectivity index (χ4v) is 4.02. The number of nitrogens with zero attached hydrogens (tertiary/aromatic N) is 2. The molecule has 0 saturated carbocycles. The maximum absolute atomic E-state index is 13.1. The van der Waals surface area contributed by atoms with Crippen molar-refractivity contribution >= 4 is 11.7 Å². The third-order valence-electron chi connectivity index (χ3n) is 5.75. The van der Waals surface area contributed by atoms with Gasteiger partial charge in [-0.1, -0.05) is 18.2 Å². The number of halogens is 6. The molecule has 1 aliphatic heterocycles. The highest BCUT2D eigenvalue weighted by Gasteiger charge is 2.37. The summed E-state index contributed by atoms with van der Waals surface area (Å²) in [7, 11) is 0. The Labute approximate surface area is 197 Å². The van der Waals surface area contributed by atoms with E-state index in [9.17, 15) is 31.1 Å². The number of carbonyl (C=O) groups is 1. The fourth-order valence-electron chi connectivity index (χ4n) is 4.02. The number of anilines is 1. The van der Waals surface area contributed by atoms with E-state index < -0.39 is 42.1 Å². The lowest BCUT2D eigenvalue weighted by molar-refractivity contribution is -0.143. The molecule has 1 aliphatic rings. The quantitative estimate of drug-likeness (QED) is 0.412. The lowest BCUT2D eigenvalue weighted by atomic mass is 10.0. The third kappa shape index (κ3) is 7.33. The van der Waals surface area contributed by atoms with Gasteiger partial charge >= 0.3 is 18.3 Å². The van der Waals surface area contributed by atoms with Crippen LogP contribution in [0.25, 0.3) is 0 Å². The number of hydrogen-bond acceptors (Lipinski definition) is 5. The molecular formula is C23H25F6N3O3. The van der Waals surface area contributed by atoms with E-state index in [2.05, 4.69) is 0 Å². The minimum absolute atomic E-state index is 0.0370. The molecular weight excluding hydrogens is 480 g/mol. The van der Waals surface area contributed by atoms with Crippen molar-refractivity contribution in [1.82, 2.24) is 9.80 Å². The number of para-hydroxylation sites is 1. The topological polar surface area (TPSA) is 79.0 Å². The Morgan fingerprint density at radius 3 is 2.06 bits per heavy atom. The lowest BCUT2D eigenvalue weighted by Gasteiger charge is -2.39. The molecule has 2 aromatic carbocycles. The van der Waals surface area contributed by atoms with E-state index in [4.69, 9.17) is 15.6 Å². The van der Waals surface area contributed by atoms with Gasteiger partial charge in [0.25, 0.3) is 0 Å². The summed E-state index contributed by atoms with van der Waals surface area (Å²) in [5.74, 6) is -0.940. The van der Waals surface area contributed by atoms with Crippen LogP contribution < -0.4 is 5.73 Å². The van der Waals surface area contributed by atoms with Crippen molar-refractivity contribution in [2.75, 3.05) is 45.1 Å². The molecule has 1 fully saturated rings. The van der Waals surface area contributed by atoms with Crippen molar-refractivity contribution in [2.45, 2.75) is 25.0 Å². The van der Waals surface area contributed by atoms with Crippen LogP contribution in [0, 0.1) is 0 Å². The highest BCUT2D eigenvalue weighted by molar-refractivity contribution is 5.69. The first-order chi connectivity index (χ1) is 16.3. The van der Waals surface area contributed by atoms with E-state index in [0.717, 1.165) is 0 Å². The van der Waals surface area contributed by atoms with Gasteiger partial charge in [-0.3, -0.25) is 14.6 Å². The highest BCUT2D eigenvalue weighted by Crippen LogP contribution is 2.36. The van der Waals surface area contributed by atoms with Gasteiger partial charge in [0, 0.05) is 31.9 Å². The molecule has 3 N–H and O–H groups in total. The Hall–Kier alpha value is -2.83. The van der Waals surface area contributed by atoms with Crippen LogP contribution in [0.1, 0.15) is 28.3 Å². The monoisotopic (exact) mass is 505 g/mol. The molecule has 35 heavy (non-hydrogen) atoms. The Morgan fingerprint density at radius 1 is 0.971 bits per heavy atom. The molecule has 0 bridgehead atoms. The summed E-state index contributed by atoms with van der Waals surface area (Å²) in [5, 5.41) is 8.99. The van der Waals surface area contributed by atoms with Crippen molar-refractivity contribution in [2.24, 2.45) is 0 Å². The molecule has 3 rings (SSSR count). The SMILES string of the molecule is Nc1ccccc1C(COCc1cc(C(F)(F)F)cc(C(F)(F)F)c1)N1CCN(CC(=O)O)CC1. The first-order valence-corrected chi connectivity index (χ1v) is 10.7. The second-order valence-electron chi connectivity index (χ2n) is 8.28. The number of nitrogen functional groups attached to an aromatic ring is 1. The summed E-state index contributed by atoms with van der Waals surface area (Å²) in [5.41, 5.74) is 4.24. The van der Waals surface area contributed by atoms with E-state index in [1.807, 2.05) is 4.90 Å². The summed E-state index contributed by atoms with van der Waals surface area (Å²) in [6, 6.07) is 7.91. The van der Waals surface area contributed by atoms with E-state index in [1.54, 1.807) is 29.2 Å². The Bertz CT molecular complexity index is 988. The van der Waals surface area contributed by atoms with Crippen molar-refractivity contribution in [3.05, 3.63) is 64.7 Å². The van der Waals surface area contributed by atoms with E-state index >= 15 is 0 Å². The summed E-state index contributed by atoms with van der Waals surface area (Å²) >= 11 is 0. The van der Waals surface area contributed by atoms with E-state index in [-0.39, 0.29) is 24.8 Å². The fraction of sp³-hybridized carbons (Fsp3) is 0.435. The van der Waals surface area contributed by atoms with Gasteiger partial charge in [0.05, 0.1) is 36.9 Å².